The van der Waals surface area contributed by atoms with Gasteiger partial charge in [-0.15, -0.1) is 0 Å². The molecule has 0 amide bonds. The van der Waals surface area contributed by atoms with Crippen molar-refractivity contribution < 1.29 is 25.2 Å². The van der Waals surface area contributed by atoms with Gasteiger partial charge in [0.2, 0.25) is 0 Å². The molecule has 1 heterocycles. The second-order valence-corrected chi connectivity index (χ2v) is 5.32. The maximum absolute atomic E-state index is 9.85. The van der Waals surface area contributed by atoms with E-state index in [2.05, 4.69) is 21.2 Å². The van der Waals surface area contributed by atoms with E-state index in [1.807, 2.05) is 12.1 Å². The average Bonchev–Trinajstić information content (AvgIpc) is 2.69. The molecule has 0 spiro atoms. The molecule has 1 aromatic carbocycles. The number of anilines is 1. The van der Waals surface area contributed by atoms with E-state index in [9.17, 15) is 15.3 Å². The van der Waals surface area contributed by atoms with Crippen LogP contribution in [0.2, 0.25) is 0 Å². The van der Waals surface area contributed by atoms with Gasteiger partial charge in [0.25, 0.3) is 0 Å². The van der Waals surface area contributed by atoms with Gasteiger partial charge in [-0.25, -0.2) is 0 Å². The fourth-order valence-electron chi connectivity index (χ4n) is 1.96. The van der Waals surface area contributed by atoms with Crippen LogP contribution >= 0.6 is 15.9 Å². The van der Waals surface area contributed by atoms with E-state index in [0.717, 1.165) is 4.47 Å². The fourth-order valence-corrected chi connectivity index (χ4v) is 2.22. The van der Waals surface area contributed by atoms with Crippen LogP contribution < -0.4 is 5.32 Å². The van der Waals surface area contributed by atoms with Gasteiger partial charge in [-0.1, -0.05) is 15.9 Å². The summed E-state index contributed by atoms with van der Waals surface area (Å²) in [5.74, 6) is 0. The molecule has 5 atom stereocenters. The highest BCUT2D eigenvalue weighted by molar-refractivity contribution is 9.10. The Hall–Kier alpha value is -0.700. The van der Waals surface area contributed by atoms with Crippen molar-refractivity contribution in [3.05, 3.63) is 28.7 Å². The standard InChI is InChI=1S/C12H16BrNO5/c13-6-1-3-7(4-2-6)14-12-10(18)9(17)11(19-12)8(16)5-15/h1-4,8-12,14-18H,5H2/t8-,9+,10-,11-,12-/m0/s1. The molecule has 1 aromatic rings. The van der Waals surface area contributed by atoms with Crippen molar-refractivity contribution in [1.29, 1.82) is 0 Å². The smallest absolute Gasteiger partial charge is 0.157 e. The van der Waals surface area contributed by atoms with E-state index < -0.39 is 37.3 Å². The van der Waals surface area contributed by atoms with Crippen LogP contribution in [-0.4, -0.2) is 57.7 Å². The zero-order valence-corrected chi connectivity index (χ0v) is 11.6. The Kier molecular flexibility index (Phi) is 4.77. The highest BCUT2D eigenvalue weighted by atomic mass is 79.9. The number of rotatable bonds is 4. The second kappa shape index (κ2) is 6.17. The SMILES string of the molecule is OC[C@H](O)[C@@H]1O[C@H](Nc2ccc(Br)cc2)[C@@H](O)[C@H]1O. The summed E-state index contributed by atoms with van der Waals surface area (Å²) in [6.07, 6.45) is -5.54. The third-order valence-electron chi connectivity index (χ3n) is 3.02. The quantitative estimate of drug-likeness (QED) is 0.516. The van der Waals surface area contributed by atoms with Gasteiger partial charge in [0, 0.05) is 10.2 Å². The van der Waals surface area contributed by atoms with Crippen molar-refractivity contribution in [3.63, 3.8) is 0 Å². The number of nitrogens with one attached hydrogen (secondary N) is 1. The summed E-state index contributed by atoms with van der Waals surface area (Å²) in [6, 6.07) is 7.20. The van der Waals surface area contributed by atoms with E-state index in [-0.39, 0.29) is 0 Å². The molecule has 0 bridgehead atoms. The Morgan fingerprint density at radius 2 is 1.84 bits per heavy atom. The number of aliphatic hydroxyl groups is 4. The molecule has 1 aliphatic rings. The Morgan fingerprint density at radius 3 is 2.42 bits per heavy atom. The lowest BCUT2D eigenvalue weighted by molar-refractivity contribution is -0.0774. The lowest BCUT2D eigenvalue weighted by atomic mass is 10.1. The first-order valence-electron chi connectivity index (χ1n) is 5.85. The highest BCUT2D eigenvalue weighted by Crippen LogP contribution is 2.25. The molecule has 1 aliphatic heterocycles. The Balaban J connectivity index is 2.03. The Labute approximate surface area is 118 Å². The van der Waals surface area contributed by atoms with Gasteiger partial charge in [-0.3, -0.25) is 0 Å². The Morgan fingerprint density at radius 1 is 1.21 bits per heavy atom. The topological polar surface area (TPSA) is 102 Å². The van der Waals surface area contributed by atoms with E-state index in [4.69, 9.17) is 9.84 Å². The number of aliphatic hydroxyl groups excluding tert-OH is 4. The second-order valence-electron chi connectivity index (χ2n) is 4.40. The average molecular weight is 334 g/mol. The van der Waals surface area contributed by atoms with Crippen LogP contribution in [0.25, 0.3) is 0 Å². The summed E-state index contributed by atoms with van der Waals surface area (Å²) in [4.78, 5) is 0. The van der Waals surface area contributed by atoms with Crippen molar-refractivity contribution in [2.24, 2.45) is 0 Å². The molecule has 5 N–H and O–H groups in total. The van der Waals surface area contributed by atoms with Gasteiger partial charge in [-0.2, -0.15) is 0 Å². The summed E-state index contributed by atoms with van der Waals surface area (Å²) in [5, 5.41) is 40.9. The summed E-state index contributed by atoms with van der Waals surface area (Å²) in [6.45, 7) is -0.542. The molecule has 6 nitrogen and oxygen atoms in total. The summed E-state index contributed by atoms with van der Waals surface area (Å²) in [5.41, 5.74) is 0.707. The minimum atomic E-state index is -1.25. The summed E-state index contributed by atoms with van der Waals surface area (Å²) in [7, 11) is 0. The number of hydrogen-bond acceptors (Lipinski definition) is 6. The molecule has 0 aromatic heterocycles. The van der Waals surface area contributed by atoms with Crippen LogP contribution in [0.15, 0.2) is 28.7 Å². The van der Waals surface area contributed by atoms with Gasteiger partial charge < -0.3 is 30.5 Å². The maximum Gasteiger partial charge on any atom is 0.157 e. The minimum absolute atomic E-state index is 0.542. The van der Waals surface area contributed by atoms with Crippen molar-refractivity contribution >= 4 is 21.6 Å². The molecule has 2 rings (SSSR count). The van der Waals surface area contributed by atoms with Gasteiger partial charge in [0.05, 0.1) is 6.61 Å². The third kappa shape index (κ3) is 3.25. The van der Waals surface area contributed by atoms with Crippen LogP contribution in [0.4, 0.5) is 5.69 Å². The van der Waals surface area contributed by atoms with Gasteiger partial charge in [0.15, 0.2) is 6.23 Å². The lowest BCUT2D eigenvalue weighted by Crippen LogP contribution is -2.40. The van der Waals surface area contributed by atoms with Gasteiger partial charge >= 0.3 is 0 Å². The number of hydrogen-bond donors (Lipinski definition) is 5. The molecular weight excluding hydrogens is 318 g/mol. The molecule has 1 saturated heterocycles. The summed E-state index contributed by atoms with van der Waals surface area (Å²) >= 11 is 3.31. The fraction of sp³-hybridized carbons (Fsp3) is 0.500. The predicted octanol–water partition coefficient (Wildman–Crippen LogP) is -0.339. The number of halogens is 1. The zero-order chi connectivity index (χ0) is 14.0. The van der Waals surface area contributed by atoms with Gasteiger partial charge in [-0.05, 0) is 24.3 Å². The molecule has 0 saturated carbocycles. The number of benzene rings is 1. The predicted molar refractivity (Wildman–Crippen MR) is 71.5 cm³/mol. The monoisotopic (exact) mass is 333 g/mol. The van der Waals surface area contributed by atoms with E-state index in [0.29, 0.717) is 5.69 Å². The first-order chi connectivity index (χ1) is 9.02. The van der Waals surface area contributed by atoms with E-state index in [1.54, 1.807) is 12.1 Å². The third-order valence-corrected chi connectivity index (χ3v) is 3.55. The molecular formula is C12H16BrNO5. The van der Waals surface area contributed by atoms with E-state index in [1.165, 1.54) is 0 Å². The molecule has 1 fully saturated rings. The normalized spacial score (nSPS) is 32.3. The van der Waals surface area contributed by atoms with Crippen LogP contribution in [0.3, 0.4) is 0 Å². The summed E-state index contributed by atoms with van der Waals surface area (Å²) < 4.78 is 6.26. The van der Waals surface area contributed by atoms with Crippen LogP contribution in [-0.2, 0) is 4.74 Å². The van der Waals surface area contributed by atoms with Gasteiger partial charge in [0.1, 0.15) is 24.4 Å². The van der Waals surface area contributed by atoms with Crippen molar-refractivity contribution in [2.75, 3.05) is 11.9 Å². The van der Waals surface area contributed by atoms with Crippen LogP contribution in [0, 0.1) is 0 Å². The minimum Gasteiger partial charge on any atom is -0.394 e. The molecule has 0 radical (unpaired) electrons. The van der Waals surface area contributed by atoms with Crippen molar-refractivity contribution in [1.82, 2.24) is 0 Å². The van der Waals surface area contributed by atoms with Crippen LogP contribution in [0.5, 0.6) is 0 Å². The van der Waals surface area contributed by atoms with E-state index >= 15 is 0 Å². The first-order valence-corrected chi connectivity index (χ1v) is 6.65. The largest absolute Gasteiger partial charge is 0.394 e. The maximum atomic E-state index is 9.85. The van der Waals surface area contributed by atoms with Crippen LogP contribution in [0.1, 0.15) is 0 Å². The lowest BCUT2D eigenvalue weighted by Gasteiger charge is -2.19. The number of ether oxygens (including phenoxy) is 1. The molecule has 0 aliphatic carbocycles. The molecule has 0 unspecified atom stereocenters. The highest BCUT2D eigenvalue weighted by Gasteiger charge is 2.45. The van der Waals surface area contributed by atoms with Crippen molar-refractivity contribution in [3.8, 4) is 0 Å². The zero-order valence-electron chi connectivity index (χ0n) is 9.98. The molecule has 19 heavy (non-hydrogen) atoms. The molecule has 7 heteroatoms. The Bertz CT molecular complexity index is 415. The molecule has 106 valence electrons. The van der Waals surface area contributed by atoms with Crippen molar-refractivity contribution in [2.45, 2.75) is 30.6 Å². The first kappa shape index (κ1) is 14.7.